The molecule has 1 aliphatic rings. The molecule has 1 aromatic heterocycles. The standard InChI is InChI=1S/C20H19N3O4/c1-25-16-10-6-14(7-11-16)20-23-22-19(27-20)13-4-8-15(9-5-13)21-18(24)17-3-2-12-26-17/h4-11,17H,2-3,12H2,1H3,(H,21,24). The topological polar surface area (TPSA) is 86.5 Å². The van der Waals surface area contributed by atoms with Gasteiger partial charge in [-0.25, -0.2) is 0 Å². The molecule has 0 aliphatic carbocycles. The number of rotatable bonds is 5. The molecule has 1 N–H and O–H groups in total. The predicted molar refractivity (Wildman–Crippen MR) is 99.3 cm³/mol. The van der Waals surface area contributed by atoms with Crippen molar-refractivity contribution < 1.29 is 18.7 Å². The number of nitrogens with one attached hydrogen (secondary N) is 1. The van der Waals surface area contributed by atoms with E-state index < -0.39 is 0 Å². The summed E-state index contributed by atoms with van der Waals surface area (Å²) < 4.78 is 16.3. The summed E-state index contributed by atoms with van der Waals surface area (Å²) in [5, 5.41) is 11.1. The fraction of sp³-hybridized carbons (Fsp3) is 0.250. The number of benzene rings is 2. The molecule has 1 atom stereocenters. The smallest absolute Gasteiger partial charge is 0.253 e. The lowest BCUT2D eigenvalue weighted by molar-refractivity contribution is -0.124. The molecule has 1 amide bonds. The molecule has 0 radical (unpaired) electrons. The summed E-state index contributed by atoms with van der Waals surface area (Å²) in [7, 11) is 1.62. The molecular formula is C20H19N3O4. The van der Waals surface area contributed by atoms with Gasteiger partial charge in [0.25, 0.3) is 5.91 Å². The van der Waals surface area contributed by atoms with Crippen LogP contribution in [0.25, 0.3) is 22.9 Å². The minimum atomic E-state index is -0.354. The summed E-state index contributed by atoms with van der Waals surface area (Å²) >= 11 is 0. The second kappa shape index (κ2) is 7.59. The minimum absolute atomic E-state index is 0.111. The van der Waals surface area contributed by atoms with E-state index in [1.807, 2.05) is 36.4 Å². The largest absolute Gasteiger partial charge is 0.497 e. The number of carbonyl (C=O) groups excluding carboxylic acids is 1. The van der Waals surface area contributed by atoms with Gasteiger partial charge in [-0.2, -0.15) is 0 Å². The van der Waals surface area contributed by atoms with E-state index in [1.165, 1.54) is 0 Å². The lowest BCUT2D eigenvalue weighted by Crippen LogP contribution is -2.26. The molecule has 138 valence electrons. The number of nitrogens with zero attached hydrogens (tertiary/aromatic N) is 2. The molecule has 0 saturated carbocycles. The monoisotopic (exact) mass is 365 g/mol. The van der Waals surface area contributed by atoms with Crippen molar-refractivity contribution in [3.8, 4) is 28.7 Å². The molecule has 1 saturated heterocycles. The van der Waals surface area contributed by atoms with Crippen LogP contribution in [-0.2, 0) is 9.53 Å². The van der Waals surface area contributed by atoms with Crippen molar-refractivity contribution in [2.24, 2.45) is 0 Å². The Morgan fingerprint density at radius 3 is 2.22 bits per heavy atom. The third-order valence-corrected chi connectivity index (χ3v) is 4.38. The highest BCUT2D eigenvalue weighted by Crippen LogP contribution is 2.26. The third-order valence-electron chi connectivity index (χ3n) is 4.38. The average Bonchev–Trinajstić information content (AvgIpc) is 3.41. The Bertz CT molecular complexity index is 913. The summed E-state index contributed by atoms with van der Waals surface area (Å²) in [5.41, 5.74) is 2.29. The fourth-order valence-corrected chi connectivity index (χ4v) is 2.89. The van der Waals surface area contributed by atoms with Crippen LogP contribution in [0.1, 0.15) is 12.8 Å². The number of ether oxygens (including phenoxy) is 2. The summed E-state index contributed by atoms with van der Waals surface area (Å²) in [4.78, 5) is 12.1. The predicted octanol–water partition coefficient (Wildman–Crippen LogP) is 3.53. The minimum Gasteiger partial charge on any atom is -0.497 e. The van der Waals surface area contributed by atoms with Gasteiger partial charge in [-0.3, -0.25) is 4.79 Å². The number of anilines is 1. The van der Waals surface area contributed by atoms with E-state index in [2.05, 4.69) is 15.5 Å². The molecule has 1 aliphatic heterocycles. The van der Waals surface area contributed by atoms with Crippen LogP contribution in [-0.4, -0.2) is 35.9 Å². The Hall–Kier alpha value is -3.19. The lowest BCUT2D eigenvalue weighted by Gasteiger charge is -2.10. The molecule has 0 spiro atoms. The molecule has 7 heteroatoms. The molecule has 2 aromatic carbocycles. The van der Waals surface area contributed by atoms with Crippen molar-refractivity contribution >= 4 is 11.6 Å². The van der Waals surface area contributed by atoms with E-state index in [0.717, 1.165) is 29.7 Å². The maximum Gasteiger partial charge on any atom is 0.253 e. The first-order chi connectivity index (χ1) is 13.2. The fourth-order valence-electron chi connectivity index (χ4n) is 2.89. The summed E-state index contributed by atoms with van der Waals surface area (Å²) in [6.07, 6.45) is 1.33. The Labute approximate surface area is 156 Å². The van der Waals surface area contributed by atoms with E-state index in [0.29, 0.717) is 24.1 Å². The van der Waals surface area contributed by atoms with Crippen molar-refractivity contribution in [3.63, 3.8) is 0 Å². The Balaban J connectivity index is 1.45. The number of amides is 1. The summed E-state index contributed by atoms with van der Waals surface area (Å²) in [6, 6.07) is 14.7. The molecule has 4 rings (SSSR count). The average molecular weight is 365 g/mol. The highest BCUT2D eigenvalue weighted by Gasteiger charge is 2.23. The summed E-state index contributed by atoms with van der Waals surface area (Å²) in [6.45, 7) is 0.644. The van der Waals surface area contributed by atoms with Crippen molar-refractivity contribution in [2.45, 2.75) is 18.9 Å². The van der Waals surface area contributed by atoms with Crippen LogP contribution in [0.4, 0.5) is 5.69 Å². The van der Waals surface area contributed by atoms with Crippen LogP contribution in [0, 0.1) is 0 Å². The van der Waals surface area contributed by atoms with Crippen molar-refractivity contribution in [1.82, 2.24) is 10.2 Å². The Kier molecular flexibility index (Phi) is 4.84. The van der Waals surface area contributed by atoms with Crippen molar-refractivity contribution in [2.75, 3.05) is 19.0 Å². The van der Waals surface area contributed by atoms with E-state index in [9.17, 15) is 4.79 Å². The maximum atomic E-state index is 12.1. The highest BCUT2D eigenvalue weighted by molar-refractivity contribution is 5.94. The zero-order valence-corrected chi connectivity index (χ0v) is 14.8. The highest BCUT2D eigenvalue weighted by atomic mass is 16.5. The van der Waals surface area contributed by atoms with Crippen LogP contribution in [0.15, 0.2) is 52.9 Å². The number of hydrogen-bond donors (Lipinski definition) is 1. The zero-order valence-electron chi connectivity index (χ0n) is 14.8. The van der Waals surface area contributed by atoms with Gasteiger partial charge in [-0.05, 0) is 61.4 Å². The Morgan fingerprint density at radius 2 is 1.67 bits per heavy atom. The van der Waals surface area contributed by atoms with Crippen molar-refractivity contribution in [3.05, 3.63) is 48.5 Å². The van der Waals surface area contributed by atoms with Crippen LogP contribution < -0.4 is 10.1 Å². The number of methoxy groups -OCH3 is 1. The first-order valence-electron chi connectivity index (χ1n) is 8.74. The molecule has 2 heterocycles. The summed E-state index contributed by atoms with van der Waals surface area (Å²) in [5.74, 6) is 1.50. The molecule has 3 aromatic rings. The molecular weight excluding hydrogens is 346 g/mol. The first-order valence-corrected chi connectivity index (χ1v) is 8.74. The first kappa shape index (κ1) is 17.2. The van der Waals surface area contributed by atoms with E-state index in [-0.39, 0.29) is 12.0 Å². The Morgan fingerprint density at radius 1 is 1.04 bits per heavy atom. The number of carbonyl (C=O) groups is 1. The molecule has 0 bridgehead atoms. The van der Waals surface area contributed by atoms with Gasteiger partial charge in [0.15, 0.2) is 0 Å². The van der Waals surface area contributed by atoms with E-state index >= 15 is 0 Å². The SMILES string of the molecule is COc1ccc(-c2nnc(-c3ccc(NC(=O)C4CCCO4)cc3)o2)cc1. The zero-order chi connectivity index (χ0) is 18.6. The molecule has 27 heavy (non-hydrogen) atoms. The third kappa shape index (κ3) is 3.83. The van der Waals surface area contributed by atoms with Crippen LogP contribution in [0.5, 0.6) is 5.75 Å². The lowest BCUT2D eigenvalue weighted by atomic mass is 10.2. The van der Waals surface area contributed by atoms with Crippen LogP contribution in [0.3, 0.4) is 0 Å². The van der Waals surface area contributed by atoms with Crippen LogP contribution in [0.2, 0.25) is 0 Å². The molecule has 1 fully saturated rings. The van der Waals surface area contributed by atoms with Gasteiger partial charge in [0.05, 0.1) is 7.11 Å². The van der Waals surface area contributed by atoms with Crippen LogP contribution >= 0.6 is 0 Å². The van der Waals surface area contributed by atoms with Crippen molar-refractivity contribution in [1.29, 1.82) is 0 Å². The second-order valence-corrected chi connectivity index (χ2v) is 6.21. The van der Waals surface area contributed by atoms with Gasteiger partial charge in [0.2, 0.25) is 11.8 Å². The number of hydrogen-bond acceptors (Lipinski definition) is 6. The van der Waals surface area contributed by atoms with Gasteiger partial charge in [-0.1, -0.05) is 0 Å². The van der Waals surface area contributed by atoms with E-state index in [4.69, 9.17) is 13.9 Å². The second-order valence-electron chi connectivity index (χ2n) is 6.21. The normalized spacial score (nSPS) is 16.3. The number of aromatic nitrogens is 2. The quantitative estimate of drug-likeness (QED) is 0.744. The molecule has 7 nitrogen and oxygen atoms in total. The van der Waals surface area contributed by atoms with Gasteiger partial charge in [0, 0.05) is 23.4 Å². The molecule has 1 unspecified atom stereocenters. The van der Waals surface area contributed by atoms with Gasteiger partial charge in [-0.15, -0.1) is 10.2 Å². The van der Waals surface area contributed by atoms with Gasteiger partial charge < -0.3 is 19.2 Å². The van der Waals surface area contributed by atoms with E-state index in [1.54, 1.807) is 19.2 Å². The van der Waals surface area contributed by atoms with Gasteiger partial charge >= 0.3 is 0 Å². The maximum absolute atomic E-state index is 12.1. The van der Waals surface area contributed by atoms with Gasteiger partial charge in [0.1, 0.15) is 11.9 Å².